The van der Waals surface area contributed by atoms with E-state index in [9.17, 15) is 13.2 Å². The average molecular weight is 449 g/mol. The Balaban J connectivity index is 1.32. The zero-order valence-corrected chi connectivity index (χ0v) is 18.2. The van der Waals surface area contributed by atoms with Crippen LogP contribution in [-0.2, 0) is 27.1 Å². The molecule has 9 heteroatoms. The molecule has 0 radical (unpaired) electrons. The zero-order chi connectivity index (χ0) is 21.1. The predicted octanol–water partition coefficient (Wildman–Crippen LogP) is 1.98. The molecule has 2 fully saturated rings. The van der Waals surface area contributed by atoms with Crippen LogP contribution in [0.1, 0.15) is 17.5 Å². The summed E-state index contributed by atoms with van der Waals surface area (Å²) in [5, 5.41) is 0.587. The van der Waals surface area contributed by atoms with Crippen LogP contribution in [0.3, 0.4) is 0 Å². The third-order valence-electron chi connectivity index (χ3n) is 5.74. The van der Waals surface area contributed by atoms with Crippen LogP contribution in [0.15, 0.2) is 48.8 Å². The van der Waals surface area contributed by atoms with Crippen LogP contribution in [-0.4, -0.2) is 72.2 Å². The van der Waals surface area contributed by atoms with Crippen LogP contribution in [0.25, 0.3) is 0 Å². The van der Waals surface area contributed by atoms with Gasteiger partial charge in [0, 0.05) is 56.7 Å². The molecule has 1 amide bonds. The van der Waals surface area contributed by atoms with Crippen molar-refractivity contribution in [2.75, 3.05) is 32.7 Å². The molecule has 0 spiro atoms. The van der Waals surface area contributed by atoms with Gasteiger partial charge in [0.05, 0.1) is 11.8 Å². The Morgan fingerprint density at radius 2 is 1.73 bits per heavy atom. The Labute approximate surface area is 182 Å². The van der Waals surface area contributed by atoms with Crippen molar-refractivity contribution in [2.24, 2.45) is 0 Å². The van der Waals surface area contributed by atoms with Crippen molar-refractivity contribution in [1.82, 2.24) is 19.1 Å². The lowest BCUT2D eigenvalue weighted by Crippen LogP contribution is -2.53. The van der Waals surface area contributed by atoms with Crippen molar-refractivity contribution in [3.8, 4) is 0 Å². The second-order valence-electron chi connectivity index (χ2n) is 7.74. The highest BCUT2D eigenvalue weighted by Crippen LogP contribution is 2.22. The van der Waals surface area contributed by atoms with Crippen LogP contribution >= 0.6 is 11.6 Å². The summed E-state index contributed by atoms with van der Waals surface area (Å²) in [6, 6.07) is 10.6. The highest BCUT2D eigenvalue weighted by atomic mass is 35.5. The molecule has 30 heavy (non-hydrogen) atoms. The number of benzene rings is 1. The van der Waals surface area contributed by atoms with Gasteiger partial charge in [0.15, 0.2) is 0 Å². The summed E-state index contributed by atoms with van der Waals surface area (Å²) < 4.78 is 27.1. The van der Waals surface area contributed by atoms with Gasteiger partial charge in [-0.25, -0.2) is 8.42 Å². The maximum atomic E-state index is 12.9. The smallest absolute Gasteiger partial charge is 0.240 e. The SMILES string of the molecule is O=C1C(N2CCN(S(=O)(=O)Cc3ccc(Cl)cc3)CC2)CCN1Cc1cccnc1. The Bertz CT molecular complexity index is 977. The number of halogens is 1. The number of carbonyl (C=O) groups is 1. The molecule has 0 saturated carbocycles. The molecule has 2 aliphatic heterocycles. The van der Waals surface area contributed by atoms with Crippen LogP contribution in [0.4, 0.5) is 0 Å². The number of piperazine rings is 1. The predicted molar refractivity (Wildman–Crippen MR) is 115 cm³/mol. The topological polar surface area (TPSA) is 73.8 Å². The molecule has 160 valence electrons. The van der Waals surface area contributed by atoms with E-state index in [1.54, 1.807) is 36.7 Å². The number of carbonyl (C=O) groups excluding carboxylic acids is 1. The van der Waals surface area contributed by atoms with Crippen LogP contribution in [0.2, 0.25) is 5.02 Å². The molecule has 2 saturated heterocycles. The fourth-order valence-corrected chi connectivity index (χ4v) is 5.75. The van der Waals surface area contributed by atoms with E-state index >= 15 is 0 Å². The Kier molecular flexibility index (Phi) is 6.38. The summed E-state index contributed by atoms with van der Waals surface area (Å²) in [5.41, 5.74) is 1.74. The third kappa shape index (κ3) is 4.83. The van der Waals surface area contributed by atoms with Gasteiger partial charge in [0.25, 0.3) is 0 Å². The number of hydrogen-bond donors (Lipinski definition) is 0. The quantitative estimate of drug-likeness (QED) is 0.675. The van der Waals surface area contributed by atoms with Gasteiger partial charge in [0.1, 0.15) is 0 Å². The number of aromatic nitrogens is 1. The molecule has 1 unspecified atom stereocenters. The van der Waals surface area contributed by atoms with E-state index in [-0.39, 0.29) is 17.7 Å². The molecule has 2 aromatic rings. The van der Waals surface area contributed by atoms with Gasteiger partial charge in [-0.05, 0) is 35.7 Å². The normalized spacial score (nSPS) is 21.3. The lowest BCUT2D eigenvalue weighted by Gasteiger charge is -2.36. The van der Waals surface area contributed by atoms with Crippen molar-refractivity contribution < 1.29 is 13.2 Å². The summed E-state index contributed by atoms with van der Waals surface area (Å²) in [4.78, 5) is 21.0. The van der Waals surface area contributed by atoms with E-state index in [1.165, 1.54) is 4.31 Å². The summed E-state index contributed by atoms with van der Waals surface area (Å²) >= 11 is 5.88. The van der Waals surface area contributed by atoms with E-state index in [1.807, 2.05) is 17.0 Å². The van der Waals surface area contributed by atoms with E-state index in [2.05, 4.69) is 9.88 Å². The molecule has 1 atom stereocenters. The van der Waals surface area contributed by atoms with Gasteiger partial charge < -0.3 is 4.90 Å². The van der Waals surface area contributed by atoms with Gasteiger partial charge in [0.2, 0.25) is 15.9 Å². The molecule has 2 aliphatic rings. The summed E-state index contributed by atoms with van der Waals surface area (Å²) in [5.74, 6) is 0.0853. The first-order chi connectivity index (χ1) is 14.4. The van der Waals surface area contributed by atoms with Crippen molar-refractivity contribution in [3.63, 3.8) is 0 Å². The number of pyridine rings is 1. The minimum absolute atomic E-state index is 0.0363. The number of rotatable bonds is 6. The molecular weight excluding hydrogens is 424 g/mol. The first-order valence-electron chi connectivity index (χ1n) is 10.1. The summed E-state index contributed by atoms with van der Waals surface area (Å²) in [7, 11) is -3.40. The van der Waals surface area contributed by atoms with Gasteiger partial charge in [-0.2, -0.15) is 4.31 Å². The molecule has 4 rings (SSSR count). The number of amides is 1. The van der Waals surface area contributed by atoms with Crippen LogP contribution in [0, 0.1) is 0 Å². The Morgan fingerprint density at radius 3 is 2.40 bits per heavy atom. The standard InChI is InChI=1S/C21H25ClN4O3S/c22-19-5-3-17(4-6-19)16-30(28,29)26-12-10-24(11-13-26)20-7-9-25(21(20)27)15-18-2-1-8-23-14-18/h1-6,8,14,20H,7,9-13,15-16H2. The number of nitrogens with zero attached hydrogens (tertiary/aromatic N) is 4. The van der Waals surface area contributed by atoms with Crippen molar-refractivity contribution in [3.05, 3.63) is 64.9 Å². The van der Waals surface area contributed by atoms with E-state index in [0.29, 0.717) is 44.3 Å². The highest BCUT2D eigenvalue weighted by molar-refractivity contribution is 7.88. The molecule has 0 bridgehead atoms. The zero-order valence-electron chi connectivity index (χ0n) is 16.7. The van der Waals surface area contributed by atoms with Gasteiger partial charge in [-0.15, -0.1) is 0 Å². The molecule has 1 aromatic heterocycles. The van der Waals surface area contributed by atoms with Crippen LogP contribution < -0.4 is 0 Å². The Morgan fingerprint density at radius 1 is 1.00 bits per heavy atom. The second kappa shape index (κ2) is 9.01. The van der Waals surface area contributed by atoms with Crippen molar-refractivity contribution in [2.45, 2.75) is 24.8 Å². The Hall–Kier alpha value is -2.00. The molecule has 0 N–H and O–H groups in total. The first kappa shape index (κ1) is 21.2. The molecule has 7 nitrogen and oxygen atoms in total. The minimum Gasteiger partial charge on any atom is -0.337 e. The van der Waals surface area contributed by atoms with E-state index < -0.39 is 10.0 Å². The lowest BCUT2D eigenvalue weighted by molar-refractivity contribution is -0.133. The molecule has 1 aromatic carbocycles. The highest BCUT2D eigenvalue weighted by Gasteiger charge is 2.38. The van der Waals surface area contributed by atoms with Crippen molar-refractivity contribution in [1.29, 1.82) is 0 Å². The summed E-state index contributed by atoms with van der Waals surface area (Å²) in [6.45, 7) is 3.23. The number of likely N-dealkylation sites (tertiary alicyclic amines) is 1. The monoisotopic (exact) mass is 448 g/mol. The van der Waals surface area contributed by atoms with E-state index in [0.717, 1.165) is 17.5 Å². The average Bonchev–Trinajstić information content (AvgIpc) is 3.10. The molecule has 3 heterocycles. The third-order valence-corrected chi connectivity index (χ3v) is 7.84. The minimum atomic E-state index is -3.40. The maximum absolute atomic E-state index is 12.9. The lowest BCUT2D eigenvalue weighted by atomic mass is 10.2. The fourth-order valence-electron chi connectivity index (χ4n) is 4.11. The van der Waals surface area contributed by atoms with Crippen molar-refractivity contribution >= 4 is 27.5 Å². The number of sulfonamides is 1. The molecular formula is C21H25ClN4O3S. The van der Waals surface area contributed by atoms with Gasteiger partial charge in [-0.3, -0.25) is 14.7 Å². The van der Waals surface area contributed by atoms with Crippen LogP contribution in [0.5, 0.6) is 0 Å². The van der Waals surface area contributed by atoms with Gasteiger partial charge >= 0.3 is 0 Å². The maximum Gasteiger partial charge on any atom is 0.240 e. The van der Waals surface area contributed by atoms with E-state index in [4.69, 9.17) is 11.6 Å². The summed E-state index contributed by atoms with van der Waals surface area (Å²) in [6.07, 6.45) is 4.28. The van der Waals surface area contributed by atoms with Gasteiger partial charge in [-0.1, -0.05) is 29.8 Å². The first-order valence-corrected chi connectivity index (χ1v) is 12.0. The largest absolute Gasteiger partial charge is 0.337 e. The number of hydrogen-bond acceptors (Lipinski definition) is 5. The second-order valence-corrected chi connectivity index (χ2v) is 10.1. The fraction of sp³-hybridized carbons (Fsp3) is 0.429. The molecule has 0 aliphatic carbocycles.